The number of Topliss-reactive ketones (excluding diaryl/α,β-unsaturated/α-hetero) is 6. The van der Waals surface area contributed by atoms with Crippen LogP contribution >= 0.6 is 0 Å². The first-order valence-electron chi connectivity index (χ1n) is 28.9. The van der Waals surface area contributed by atoms with E-state index in [1.807, 2.05) is 0 Å². The maximum Gasteiger partial charge on any atom is 0.198 e. The number of unbranched alkanes of at least 4 members (excludes halogenated alkanes) is 38. The summed E-state index contributed by atoms with van der Waals surface area (Å²) in [6.07, 6.45) is 58.9. The van der Waals surface area contributed by atoms with Crippen molar-refractivity contribution in [2.45, 2.75) is 352 Å². The van der Waals surface area contributed by atoms with Crippen LogP contribution in [-0.2, 0) is 45.5 Å². The van der Waals surface area contributed by atoms with Gasteiger partial charge in [0, 0.05) is 57.3 Å². The molecule has 0 aromatic rings. The SMILES string of the molecule is CC(=O)C(C)=O.CCCCCCCC(=O)C(C)=O.CCCCCCCC(=O)C(C)=O.CCCCCCCCCCCCCCC.CCCCCCCCCCCCCCCCCCCCC.[Co]. The summed E-state index contributed by atoms with van der Waals surface area (Å²) in [5.41, 5.74) is 0. The molecule has 0 N–H and O–H groups in total. The van der Waals surface area contributed by atoms with E-state index < -0.39 is 0 Å². The van der Waals surface area contributed by atoms with E-state index in [9.17, 15) is 28.8 Å². The second-order valence-electron chi connectivity index (χ2n) is 19.3. The second-order valence-corrected chi connectivity index (χ2v) is 19.3. The summed E-state index contributed by atoms with van der Waals surface area (Å²) in [6, 6.07) is 0. The first-order valence-corrected chi connectivity index (χ1v) is 28.9. The number of carbonyl (C=O) groups excluding carboxylic acids is 6. The third-order valence-electron chi connectivity index (χ3n) is 12.2. The third-order valence-corrected chi connectivity index (χ3v) is 12.2. The Morgan fingerprint density at radius 1 is 0.194 bits per heavy atom. The fraction of sp³-hybridized carbons (Fsp3) is 0.900. The molecule has 403 valence electrons. The average Bonchev–Trinajstić information content (AvgIpc) is 3.29. The predicted octanol–water partition coefficient (Wildman–Crippen LogP) is 19.7. The molecule has 0 aliphatic heterocycles. The quantitative estimate of drug-likeness (QED) is 0.0445. The van der Waals surface area contributed by atoms with E-state index in [0.717, 1.165) is 25.7 Å². The fourth-order valence-corrected chi connectivity index (χ4v) is 7.37. The molecule has 0 aromatic heterocycles. The van der Waals surface area contributed by atoms with Crippen molar-refractivity contribution in [2.24, 2.45) is 0 Å². The van der Waals surface area contributed by atoms with Gasteiger partial charge in [-0.3, -0.25) is 28.8 Å². The van der Waals surface area contributed by atoms with E-state index in [1.165, 1.54) is 272 Å². The number of ketones is 6. The number of hydrogen-bond acceptors (Lipinski definition) is 6. The Kier molecular flexibility index (Phi) is 81.7. The summed E-state index contributed by atoms with van der Waals surface area (Å²) in [4.78, 5) is 62.3. The summed E-state index contributed by atoms with van der Waals surface area (Å²) in [5, 5.41) is 0. The fourth-order valence-electron chi connectivity index (χ4n) is 7.37. The molecular weight excluding hydrogens is 876 g/mol. The molecule has 0 fully saturated rings. The molecule has 0 heterocycles. The van der Waals surface area contributed by atoms with Crippen molar-refractivity contribution >= 4 is 34.7 Å². The smallest absolute Gasteiger partial charge is 0.198 e. The van der Waals surface area contributed by atoms with Gasteiger partial charge in [-0.15, -0.1) is 0 Å². The van der Waals surface area contributed by atoms with Crippen LogP contribution in [0.5, 0.6) is 0 Å². The Morgan fingerprint density at radius 3 is 0.418 bits per heavy atom. The van der Waals surface area contributed by atoms with Crippen molar-refractivity contribution in [1.29, 1.82) is 0 Å². The first kappa shape index (κ1) is 77.0. The zero-order valence-electron chi connectivity index (χ0n) is 46.9. The second kappa shape index (κ2) is 71.1. The average molecular weight is 995 g/mol. The molecule has 7 heteroatoms. The van der Waals surface area contributed by atoms with Crippen molar-refractivity contribution in [3.8, 4) is 0 Å². The van der Waals surface area contributed by atoms with Gasteiger partial charge in [-0.25, -0.2) is 0 Å². The first-order chi connectivity index (χ1) is 31.8. The molecule has 0 amide bonds. The molecule has 0 aromatic carbocycles. The minimum atomic E-state index is -0.380. The van der Waals surface area contributed by atoms with Gasteiger partial charge in [-0.05, 0) is 12.8 Å². The van der Waals surface area contributed by atoms with E-state index in [2.05, 4.69) is 41.5 Å². The van der Waals surface area contributed by atoms with E-state index >= 15 is 0 Å². The standard InChI is InChI=1S/C21H44.C15H32.2C10H18O2.C4H6O2.Co/c1-3-5-7-9-11-13-15-17-19-21-20-18-16-14-12-10-8-6-4-2;1-3-5-7-9-11-13-15-14-12-10-8-6-4-2;2*1-3-4-5-6-7-8-10(12)9(2)11;1-3(5)4(2)6;/h3-21H2,1-2H3;3-15H2,1-2H3;2*3-8H2,1-2H3;1-2H3;. The van der Waals surface area contributed by atoms with Crippen LogP contribution in [0.1, 0.15) is 352 Å². The van der Waals surface area contributed by atoms with E-state index in [-0.39, 0.29) is 51.5 Å². The van der Waals surface area contributed by atoms with Gasteiger partial charge in [0.2, 0.25) is 0 Å². The molecule has 0 aliphatic carbocycles. The molecule has 0 saturated heterocycles. The molecule has 0 rings (SSSR count). The molecule has 0 atom stereocenters. The van der Waals surface area contributed by atoms with Crippen molar-refractivity contribution in [2.75, 3.05) is 0 Å². The summed E-state index contributed by atoms with van der Waals surface area (Å²) in [6.45, 7) is 18.7. The Hall–Kier alpha value is -1.47. The zero-order valence-corrected chi connectivity index (χ0v) is 47.9. The molecule has 0 saturated carbocycles. The molecular formula is C60H118CoO6. The van der Waals surface area contributed by atoms with Crippen LogP contribution < -0.4 is 0 Å². The normalized spacial score (nSPS) is 10.1. The maximum absolute atomic E-state index is 10.8. The van der Waals surface area contributed by atoms with Crippen LogP contribution in [0.2, 0.25) is 0 Å². The Labute approximate surface area is 430 Å². The van der Waals surface area contributed by atoms with Crippen LogP contribution in [0, 0.1) is 0 Å². The summed E-state index contributed by atoms with van der Waals surface area (Å²) in [7, 11) is 0. The van der Waals surface area contributed by atoms with Crippen LogP contribution in [0.25, 0.3) is 0 Å². The minimum Gasteiger partial charge on any atom is -0.291 e. The Bertz CT molecular complexity index is 946. The molecule has 1 radical (unpaired) electrons. The number of carbonyl (C=O) groups is 6. The maximum atomic E-state index is 10.8. The number of hydrogen-bond donors (Lipinski definition) is 0. The zero-order chi connectivity index (χ0) is 50.6. The largest absolute Gasteiger partial charge is 0.291 e. The number of rotatable bonds is 45. The summed E-state index contributed by atoms with van der Waals surface area (Å²) >= 11 is 0. The molecule has 0 spiro atoms. The van der Waals surface area contributed by atoms with Crippen molar-refractivity contribution in [1.82, 2.24) is 0 Å². The van der Waals surface area contributed by atoms with Gasteiger partial charge in [0.15, 0.2) is 34.7 Å². The van der Waals surface area contributed by atoms with Gasteiger partial charge in [-0.1, -0.05) is 298 Å². The van der Waals surface area contributed by atoms with Crippen LogP contribution in [0.3, 0.4) is 0 Å². The third kappa shape index (κ3) is 84.8. The monoisotopic (exact) mass is 994 g/mol. The van der Waals surface area contributed by atoms with Gasteiger partial charge < -0.3 is 0 Å². The molecule has 0 bridgehead atoms. The van der Waals surface area contributed by atoms with E-state index in [1.54, 1.807) is 0 Å². The van der Waals surface area contributed by atoms with E-state index in [4.69, 9.17) is 0 Å². The van der Waals surface area contributed by atoms with Crippen LogP contribution in [-0.4, -0.2) is 34.7 Å². The van der Waals surface area contributed by atoms with Gasteiger partial charge in [0.05, 0.1) is 0 Å². The van der Waals surface area contributed by atoms with Crippen LogP contribution in [0.15, 0.2) is 0 Å². The molecule has 67 heavy (non-hydrogen) atoms. The molecule has 0 unspecified atom stereocenters. The van der Waals surface area contributed by atoms with Gasteiger partial charge >= 0.3 is 0 Å². The topological polar surface area (TPSA) is 102 Å². The Morgan fingerprint density at radius 2 is 0.313 bits per heavy atom. The van der Waals surface area contributed by atoms with Gasteiger partial charge in [-0.2, -0.15) is 0 Å². The van der Waals surface area contributed by atoms with Crippen molar-refractivity contribution in [3.05, 3.63) is 0 Å². The van der Waals surface area contributed by atoms with Crippen molar-refractivity contribution in [3.63, 3.8) is 0 Å². The van der Waals surface area contributed by atoms with E-state index in [0.29, 0.717) is 12.8 Å². The molecule has 6 nitrogen and oxygen atoms in total. The van der Waals surface area contributed by atoms with Crippen molar-refractivity contribution < 1.29 is 45.5 Å². The summed E-state index contributed by atoms with van der Waals surface area (Å²) < 4.78 is 0. The Balaban J connectivity index is -0.000000181. The van der Waals surface area contributed by atoms with Gasteiger partial charge in [0.1, 0.15) is 0 Å². The minimum absolute atomic E-state index is 0. The van der Waals surface area contributed by atoms with Gasteiger partial charge in [0.25, 0.3) is 0 Å². The molecule has 0 aliphatic rings. The van der Waals surface area contributed by atoms with Crippen LogP contribution in [0.4, 0.5) is 0 Å². The predicted molar refractivity (Wildman–Crippen MR) is 290 cm³/mol. The summed E-state index contributed by atoms with van der Waals surface area (Å²) in [5.74, 6) is -1.79.